The van der Waals surface area contributed by atoms with Gasteiger partial charge in [0.25, 0.3) is 5.91 Å². The Kier molecular flexibility index (Phi) is 4.76. The smallest absolute Gasteiger partial charge is 0.387 e. The highest BCUT2D eigenvalue weighted by molar-refractivity contribution is 14.1. The van der Waals surface area contributed by atoms with Crippen LogP contribution in [0.1, 0.15) is 16.1 Å². The molecule has 0 saturated carbocycles. The first-order valence-electron chi connectivity index (χ1n) is 5.93. The van der Waals surface area contributed by atoms with Crippen LogP contribution in [0.25, 0.3) is 0 Å². The SMILES string of the molecule is Cc1cc(OC(F)F)ccc1NC(=O)c1c(I)cnn1C. The Morgan fingerprint density at radius 3 is 2.71 bits per heavy atom. The third kappa shape index (κ3) is 3.69. The maximum Gasteiger partial charge on any atom is 0.387 e. The van der Waals surface area contributed by atoms with Gasteiger partial charge in [0.15, 0.2) is 0 Å². The summed E-state index contributed by atoms with van der Waals surface area (Å²) in [6, 6.07) is 4.34. The van der Waals surface area contributed by atoms with Gasteiger partial charge < -0.3 is 10.1 Å². The van der Waals surface area contributed by atoms with E-state index in [0.717, 1.165) is 3.57 Å². The molecule has 0 unspecified atom stereocenters. The monoisotopic (exact) mass is 407 g/mol. The lowest BCUT2D eigenvalue weighted by Gasteiger charge is -2.11. The van der Waals surface area contributed by atoms with E-state index in [2.05, 4.69) is 15.2 Å². The topological polar surface area (TPSA) is 56.1 Å². The molecule has 8 heteroatoms. The van der Waals surface area contributed by atoms with Crippen molar-refractivity contribution in [2.24, 2.45) is 7.05 Å². The molecule has 21 heavy (non-hydrogen) atoms. The minimum atomic E-state index is -2.87. The second kappa shape index (κ2) is 6.37. The van der Waals surface area contributed by atoms with Gasteiger partial charge in [-0.15, -0.1) is 0 Å². The van der Waals surface area contributed by atoms with E-state index < -0.39 is 6.61 Å². The fraction of sp³-hybridized carbons (Fsp3) is 0.231. The summed E-state index contributed by atoms with van der Waals surface area (Å²) in [4.78, 5) is 12.2. The number of carbonyl (C=O) groups is 1. The second-order valence-corrected chi connectivity index (χ2v) is 5.44. The molecule has 2 rings (SSSR count). The molecule has 0 atom stereocenters. The quantitative estimate of drug-likeness (QED) is 0.793. The molecule has 1 N–H and O–H groups in total. The summed E-state index contributed by atoms with van der Waals surface area (Å²) >= 11 is 2.02. The van der Waals surface area contributed by atoms with Crippen molar-refractivity contribution in [2.45, 2.75) is 13.5 Å². The van der Waals surface area contributed by atoms with Gasteiger partial charge in [-0.1, -0.05) is 0 Å². The molecule has 0 fully saturated rings. The molecule has 1 amide bonds. The van der Waals surface area contributed by atoms with Crippen molar-refractivity contribution in [1.82, 2.24) is 9.78 Å². The summed E-state index contributed by atoms with van der Waals surface area (Å²) in [5.41, 5.74) is 1.58. The fourth-order valence-corrected chi connectivity index (χ4v) is 2.52. The van der Waals surface area contributed by atoms with Crippen LogP contribution >= 0.6 is 22.6 Å². The lowest BCUT2D eigenvalue weighted by molar-refractivity contribution is -0.0498. The number of carbonyl (C=O) groups excluding carboxylic acids is 1. The Hall–Kier alpha value is -1.71. The molecule has 0 aliphatic heterocycles. The fourth-order valence-electron chi connectivity index (χ4n) is 1.80. The van der Waals surface area contributed by atoms with Gasteiger partial charge in [0.2, 0.25) is 0 Å². The van der Waals surface area contributed by atoms with E-state index in [1.165, 1.54) is 22.9 Å². The minimum absolute atomic E-state index is 0.0515. The summed E-state index contributed by atoms with van der Waals surface area (Å²) in [6.07, 6.45) is 1.59. The molecule has 1 aromatic carbocycles. The largest absolute Gasteiger partial charge is 0.435 e. The zero-order chi connectivity index (χ0) is 15.6. The van der Waals surface area contributed by atoms with E-state index in [-0.39, 0.29) is 11.7 Å². The number of aryl methyl sites for hydroxylation is 2. The lowest BCUT2D eigenvalue weighted by Crippen LogP contribution is -2.18. The number of hydrogen-bond donors (Lipinski definition) is 1. The van der Waals surface area contributed by atoms with Gasteiger partial charge in [0.05, 0.1) is 9.77 Å². The average molecular weight is 407 g/mol. The summed E-state index contributed by atoms with van der Waals surface area (Å²) < 4.78 is 30.8. The van der Waals surface area contributed by atoms with Crippen molar-refractivity contribution in [2.75, 3.05) is 5.32 Å². The van der Waals surface area contributed by atoms with Gasteiger partial charge in [-0.3, -0.25) is 9.48 Å². The van der Waals surface area contributed by atoms with Gasteiger partial charge in [-0.25, -0.2) is 0 Å². The van der Waals surface area contributed by atoms with Crippen LogP contribution in [0.4, 0.5) is 14.5 Å². The normalized spacial score (nSPS) is 10.8. The van der Waals surface area contributed by atoms with Crippen LogP contribution < -0.4 is 10.1 Å². The molecule has 112 valence electrons. The molecular formula is C13H12F2IN3O2. The Balaban J connectivity index is 2.18. The van der Waals surface area contributed by atoms with Crippen LogP contribution in [0, 0.1) is 10.5 Å². The number of benzene rings is 1. The van der Waals surface area contributed by atoms with E-state index in [0.29, 0.717) is 16.9 Å². The van der Waals surface area contributed by atoms with Gasteiger partial charge >= 0.3 is 6.61 Å². The van der Waals surface area contributed by atoms with Crippen molar-refractivity contribution in [1.29, 1.82) is 0 Å². The summed E-state index contributed by atoms with van der Waals surface area (Å²) in [6.45, 7) is -1.18. The first-order chi connectivity index (χ1) is 9.88. The molecule has 0 spiro atoms. The molecule has 0 aliphatic carbocycles. The predicted octanol–water partition coefficient (Wildman–Crippen LogP) is 3.19. The van der Waals surface area contributed by atoms with Crippen molar-refractivity contribution in [3.63, 3.8) is 0 Å². The number of aromatic nitrogens is 2. The van der Waals surface area contributed by atoms with Crippen molar-refractivity contribution < 1.29 is 18.3 Å². The summed E-state index contributed by atoms with van der Waals surface area (Å²) in [7, 11) is 1.67. The third-order valence-electron chi connectivity index (χ3n) is 2.78. The van der Waals surface area contributed by atoms with Crippen molar-refractivity contribution in [3.05, 3.63) is 39.2 Å². The Morgan fingerprint density at radius 1 is 1.48 bits per heavy atom. The molecule has 2 aromatic rings. The van der Waals surface area contributed by atoms with Crippen LogP contribution in [0.5, 0.6) is 5.75 Å². The number of nitrogens with one attached hydrogen (secondary N) is 1. The first kappa shape index (κ1) is 15.7. The number of ether oxygens (including phenoxy) is 1. The van der Waals surface area contributed by atoms with Crippen molar-refractivity contribution in [3.8, 4) is 5.75 Å². The molecule has 0 saturated heterocycles. The van der Waals surface area contributed by atoms with E-state index in [4.69, 9.17) is 0 Å². The zero-order valence-electron chi connectivity index (χ0n) is 11.2. The van der Waals surface area contributed by atoms with E-state index in [1.54, 1.807) is 20.2 Å². The number of hydrogen-bond acceptors (Lipinski definition) is 3. The molecule has 0 aliphatic rings. The zero-order valence-corrected chi connectivity index (χ0v) is 13.4. The maximum atomic E-state index is 12.2. The third-order valence-corrected chi connectivity index (χ3v) is 3.57. The van der Waals surface area contributed by atoms with Crippen LogP contribution in [0.2, 0.25) is 0 Å². The van der Waals surface area contributed by atoms with Crippen LogP contribution in [-0.4, -0.2) is 22.3 Å². The van der Waals surface area contributed by atoms with Gasteiger partial charge in [-0.2, -0.15) is 13.9 Å². The van der Waals surface area contributed by atoms with Gasteiger partial charge in [0.1, 0.15) is 11.4 Å². The highest BCUT2D eigenvalue weighted by Gasteiger charge is 2.16. The van der Waals surface area contributed by atoms with Gasteiger partial charge in [0, 0.05) is 12.7 Å². The maximum absolute atomic E-state index is 12.2. The number of alkyl halides is 2. The molecule has 1 heterocycles. The van der Waals surface area contributed by atoms with Crippen LogP contribution in [0.15, 0.2) is 24.4 Å². The highest BCUT2D eigenvalue weighted by Crippen LogP contribution is 2.23. The van der Waals surface area contributed by atoms with E-state index >= 15 is 0 Å². The second-order valence-electron chi connectivity index (χ2n) is 4.27. The first-order valence-corrected chi connectivity index (χ1v) is 7.00. The number of anilines is 1. The Labute approximate surface area is 133 Å². The number of rotatable bonds is 4. The number of halogens is 3. The van der Waals surface area contributed by atoms with Crippen LogP contribution in [-0.2, 0) is 7.05 Å². The van der Waals surface area contributed by atoms with E-state index in [9.17, 15) is 13.6 Å². The average Bonchev–Trinajstić information content (AvgIpc) is 2.71. The Morgan fingerprint density at radius 2 is 2.19 bits per heavy atom. The lowest BCUT2D eigenvalue weighted by atomic mass is 10.2. The van der Waals surface area contributed by atoms with E-state index in [1.807, 2.05) is 22.6 Å². The summed E-state index contributed by atoms with van der Waals surface area (Å²) in [5.74, 6) is -0.263. The summed E-state index contributed by atoms with van der Waals surface area (Å²) in [5, 5.41) is 6.72. The molecular weight excluding hydrogens is 395 g/mol. The number of amides is 1. The molecule has 5 nitrogen and oxygen atoms in total. The minimum Gasteiger partial charge on any atom is -0.435 e. The van der Waals surface area contributed by atoms with Gasteiger partial charge in [-0.05, 0) is 53.3 Å². The predicted molar refractivity (Wildman–Crippen MR) is 81.7 cm³/mol. The molecule has 1 aromatic heterocycles. The highest BCUT2D eigenvalue weighted by atomic mass is 127. The number of nitrogens with zero attached hydrogens (tertiary/aromatic N) is 2. The molecule has 0 radical (unpaired) electrons. The Bertz CT molecular complexity index is 654. The standard InChI is InChI=1S/C13H12F2IN3O2/c1-7-5-8(21-13(14)15)3-4-10(7)18-12(20)11-9(16)6-17-19(11)2/h3-6,13H,1-2H3,(H,18,20). The molecule has 0 bridgehead atoms. The van der Waals surface area contributed by atoms with Crippen LogP contribution in [0.3, 0.4) is 0 Å². The van der Waals surface area contributed by atoms with Crippen molar-refractivity contribution >= 4 is 34.2 Å².